The number of hydrogen-bond acceptors (Lipinski definition) is 7. The van der Waals surface area contributed by atoms with Crippen molar-refractivity contribution in [2.75, 3.05) is 58.7 Å². The zero-order chi connectivity index (χ0) is 20.5. The van der Waals surface area contributed by atoms with E-state index in [0.29, 0.717) is 38.5 Å². The molecule has 1 aromatic carbocycles. The van der Waals surface area contributed by atoms with Crippen LogP contribution in [-0.2, 0) is 20.1 Å². The predicted octanol–water partition coefficient (Wildman–Crippen LogP) is 1.83. The molecule has 1 aliphatic heterocycles. The molecule has 0 aliphatic carbocycles. The summed E-state index contributed by atoms with van der Waals surface area (Å²) in [6, 6.07) is 8.11. The molecule has 3 rings (SSSR count). The van der Waals surface area contributed by atoms with E-state index in [4.69, 9.17) is 4.74 Å². The Morgan fingerprint density at radius 1 is 1.24 bits per heavy atom. The van der Waals surface area contributed by atoms with E-state index in [1.807, 2.05) is 23.1 Å². The maximum atomic E-state index is 12.5. The summed E-state index contributed by atoms with van der Waals surface area (Å²) < 4.78 is 6.16. The smallest absolute Gasteiger partial charge is 0.234 e. The molecule has 0 bridgehead atoms. The van der Waals surface area contributed by atoms with Gasteiger partial charge in [-0.1, -0.05) is 12.1 Å². The van der Waals surface area contributed by atoms with Crippen molar-refractivity contribution in [2.45, 2.75) is 12.2 Å². The van der Waals surface area contributed by atoms with E-state index >= 15 is 0 Å². The minimum atomic E-state index is 0.0345. The molecular formula is C20H28N4O3S2. The number of thiazole rings is 1. The average molecular weight is 437 g/mol. The lowest BCUT2D eigenvalue weighted by atomic mass is 10.3. The van der Waals surface area contributed by atoms with Crippen LogP contribution in [0.25, 0.3) is 10.2 Å². The lowest BCUT2D eigenvalue weighted by molar-refractivity contribution is -0.130. The van der Waals surface area contributed by atoms with Crippen LogP contribution in [0.1, 0.15) is 11.4 Å². The van der Waals surface area contributed by atoms with Crippen LogP contribution in [-0.4, -0.2) is 85.3 Å². The Labute approximate surface area is 179 Å². The molecule has 0 radical (unpaired) electrons. The molecule has 1 fully saturated rings. The number of hydrogen-bond donors (Lipinski definition) is 1. The summed E-state index contributed by atoms with van der Waals surface area (Å²) in [6.45, 7) is 4.50. The molecule has 158 valence electrons. The summed E-state index contributed by atoms with van der Waals surface area (Å²) in [6.07, 6.45) is 0.819. The monoisotopic (exact) mass is 436 g/mol. The normalized spacial score (nSPS) is 15.0. The second-order valence-corrected chi connectivity index (χ2v) is 9.02. The van der Waals surface area contributed by atoms with Gasteiger partial charge in [-0.15, -0.1) is 23.1 Å². The molecule has 9 heteroatoms. The third kappa shape index (κ3) is 6.95. The number of amides is 2. The maximum absolute atomic E-state index is 12.5. The van der Waals surface area contributed by atoms with E-state index in [9.17, 15) is 9.59 Å². The number of rotatable bonds is 10. The molecule has 0 atom stereocenters. The van der Waals surface area contributed by atoms with Gasteiger partial charge in [-0.3, -0.25) is 14.5 Å². The molecule has 1 aromatic heterocycles. The molecule has 1 saturated heterocycles. The van der Waals surface area contributed by atoms with Gasteiger partial charge in [0, 0.05) is 52.2 Å². The van der Waals surface area contributed by atoms with E-state index in [1.165, 1.54) is 4.70 Å². The number of piperazine rings is 1. The van der Waals surface area contributed by atoms with E-state index in [0.717, 1.165) is 35.8 Å². The van der Waals surface area contributed by atoms with Gasteiger partial charge in [0.05, 0.1) is 22.5 Å². The molecule has 1 N–H and O–H groups in total. The summed E-state index contributed by atoms with van der Waals surface area (Å²) in [5, 5.41) is 3.96. The average Bonchev–Trinajstić information content (AvgIpc) is 3.14. The summed E-state index contributed by atoms with van der Waals surface area (Å²) in [4.78, 5) is 33.0. The maximum Gasteiger partial charge on any atom is 0.234 e. The largest absolute Gasteiger partial charge is 0.385 e. The fraction of sp³-hybridized carbons (Fsp3) is 0.550. The van der Waals surface area contributed by atoms with Gasteiger partial charge in [0.15, 0.2) is 0 Å². The van der Waals surface area contributed by atoms with Crippen LogP contribution >= 0.6 is 23.1 Å². The quantitative estimate of drug-likeness (QED) is 0.573. The second-order valence-electron chi connectivity index (χ2n) is 6.92. The first kappa shape index (κ1) is 22.0. The number of carbonyl (C=O) groups is 2. The van der Waals surface area contributed by atoms with Gasteiger partial charge >= 0.3 is 0 Å². The van der Waals surface area contributed by atoms with Gasteiger partial charge in [-0.2, -0.15) is 0 Å². The van der Waals surface area contributed by atoms with Crippen molar-refractivity contribution in [3.63, 3.8) is 0 Å². The Bertz CT molecular complexity index is 773. The highest BCUT2D eigenvalue weighted by atomic mass is 32.2. The molecule has 2 amide bonds. The van der Waals surface area contributed by atoms with Crippen LogP contribution < -0.4 is 5.32 Å². The van der Waals surface area contributed by atoms with Gasteiger partial charge in [0.2, 0.25) is 11.8 Å². The number of benzene rings is 1. The van der Waals surface area contributed by atoms with Crippen LogP contribution in [0.15, 0.2) is 24.3 Å². The molecule has 2 heterocycles. The van der Waals surface area contributed by atoms with Crippen molar-refractivity contribution in [3.05, 3.63) is 29.3 Å². The van der Waals surface area contributed by atoms with Gasteiger partial charge < -0.3 is 15.0 Å². The third-order valence-corrected chi connectivity index (χ3v) is 6.88. The van der Waals surface area contributed by atoms with E-state index in [1.54, 1.807) is 30.2 Å². The summed E-state index contributed by atoms with van der Waals surface area (Å²) in [5.41, 5.74) is 1.03. The number of nitrogens with one attached hydrogen (secondary N) is 1. The molecule has 1 aliphatic rings. The fourth-order valence-electron chi connectivity index (χ4n) is 3.16. The number of methoxy groups -OCH3 is 1. The number of nitrogens with zero attached hydrogens (tertiary/aromatic N) is 3. The van der Waals surface area contributed by atoms with Gasteiger partial charge in [-0.05, 0) is 18.6 Å². The number of thioether (sulfide) groups is 1. The molecule has 0 saturated carbocycles. The first-order chi connectivity index (χ1) is 14.2. The first-order valence-electron chi connectivity index (χ1n) is 9.83. The number of fused-ring (bicyclic) bond motifs is 1. The molecule has 29 heavy (non-hydrogen) atoms. The second kappa shape index (κ2) is 11.5. The van der Waals surface area contributed by atoms with Crippen LogP contribution in [0.5, 0.6) is 0 Å². The highest BCUT2D eigenvalue weighted by Crippen LogP contribution is 2.24. The SMILES string of the molecule is COCCCNC(=O)CN1CCN(C(=O)CSCc2nc3ccccc3s2)CC1. The zero-order valence-electron chi connectivity index (χ0n) is 16.8. The van der Waals surface area contributed by atoms with Gasteiger partial charge in [0.25, 0.3) is 0 Å². The summed E-state index contributed by atoms with van der Waals surface area (Å²) >= 11 is 3.31. The Balaban J connectivity index is 1.32. The lowest BCUT2D eigenvalue weighted by Gasteiger charge is -2.34. The van der Waals surface area contributed by atoms with Crippen molar-refractivity contribution in [2.24, 2.45) is 0 Å². The minimum Gasteiger partial charge on any atom is -0.385 e. The topological polar surface area (TPSA) is 74.8 Å². The van der Waals surface area contributed by atoms with Crippen molar-refractivity contribution >= 4 is 45.1 Å². The highest BCUT2D eigenvalue weighted by Gasteiger charge is 2.22. The number of aromatic nitrogens is 1. The summed E-state index contributed by atoms with van der Waals surface area (Å²) in [5.74, 6) is 1.43. The van der Waals surface area contributed by atoms with Gasteiger partial charge in [-0.25, -0.2) is 4.98 Å². The Morgan fingerprint density at radius 2 is 2.03 bits per heavy atom. The predicted molar refractivity (Wildman–Crippen MR) is 118 cm³/mol. The minimum absolute atomic E-state index is 0.0345. The van der Waals surface area contributed by atoms with Gasteiger partial charge in [0.1, 0.15) is 5.01 Å². The van der Waals surface area contributed by atoms with Crippen LogP contribution in [0, 0.1) is 0 Å². The first-order valence-corrected chi connectivity index (χ1v) is 11.8. The zero-order valence-corrected chi connectivity index (χ0v) is 18.4. The number of ether oxygens (including phenoxy) is 1. The lowest BCUT2D eigenvalue weighted by Crippen LogP contribution is -2.51. The Kier molecular flexibility index (Phi) is 8.72. The third-order valence-electron chi connectivity index (χ3n) is 4.73. The van der Waals surface area contributed by atoms with Crippen molar-refractivity contribution in [1.82, 2.24) is 20.1 Å². The molecule has 7 nitrogen and oxygen atoms in total. The van der Waals surface area contributed by atoms with Crippen molar-refractivity contribution in [3.8, 4) is 0 Å². The van der Waals surface area contributed by atoms with Crippen molar-refractivity contribution in [1.29, 1.82) is 0 Å². The molecule has 0 spiro atoms. The molecular weight excluding hydrogens is 408 g/mol. The van der Waals surface area contributed by atoms with Crippen LogP contribution in [0.4, 0.5) is 0 Å². The summed E-state index contributed by atoms with van der Waals surface area (Å²) in [7, 11) is 1.65. The Morgan fingerprint density at radius 3 is 2.79 bits per heavy atom. The van der Waals surface area contributed by atoms with E-state index in [2.05, 4.69) is 21.3 Å². The molecule has 2 aromatic rings. The number of para-hydroxylation sites is 1. The van der Waals surface area contributed by atoms with Crippen LogP contribution in [0.3, 0.4) is 0 Å². The molecule has 0 unspecified atom stereocenters. The van der Waals surface area contributed by atoms with Crippen molar-refractivity contribution < 1.29 is 14.3 Å². The standard InChI is InChI=1S/C20H28N4O3S2/c1-27-12-4-7-21-18(25)13-23-8-10-24(11-9-23)20(26)15-28-14-19-22-16-5-2-3-6-17(16)29-19/h2-3,5-6H,4,7-15H2,1H3,(H,21,25). The fourth-order valence-corrected chi connectivity index (χ4v) is 5.10. The highest BCUT2D eigenvalue weighted by molar-refractivity contribution is 7.99. The Hall–Kier alpha value is -1.68. The van der Waals surface area contributed by atoms with E-state index in [-0.39, 0.29) is 11.8 Å². The number of carbonyl (C=O) groups excluding carboxylic acids is 2. The van der Waals surface area contributed by atoms with Crippen LogP contribution in [0.2, 0.25) is 0 Å². The van der Waals surface area contributed by atoms with E-state index < -0.39 is 0 Å².